The normalized spacial score (nSPS) is 21.5. The van der Waals surface area contributed by atoms with E-state index < -0.39 is 22.0 Å². The van der Waals surface area contributed by atoms with Crippen molar-refractivity contribution in [2.75, 3.05) is 16.5 Å². The van der Waals surface area contributed by atoms with E-state index in [-0.39, 0.29) is 29.0 Å². The number of carbonyl (C=O) groups excluding carboxylic acids is 1. The fourth-order valence-electron chi connectivity index (χ4n) is 4.33. The fourth-order valence-corrected chi connectivity index (χ4v) is 6.04. The number of amidine groups is 1. The fraction of sp³-hybridized carbons (Fsp3) is 0.217. The summed E-state index contributed by atoms with van der Waals surface area (Å²) >= 11 is 0. The van der Waals surface area contributed by atoms with Crippen LogP contribution in [-0.4, -0.2) is 46.4 Å². The number of hydrazone groups is 1. The van der Waals surface area contributed by atoms with E-state index in [0.29, 0.717) is 17.7 Å². The minimum Gasteiger partial charge on any atom is -0.382 e. The average Bonchev–Trinajstić information content (AvgIpc) is 3.43. The molecule has 1 atom stereocenters. The van der Waals surface area contributed by atoms with Gasteiger partial charge in [-0.15, -0.1) is 5.10 Å². The minimum atomic E-state index is -3.06. The molecule has 3 heterocycles. The first kappa shape index (κ1) is 21.4. The van der Waals surface area contributed by atoms with Crippen molar-refractivity contribution in [3.63, 3.8) is 0 Å². The summed E-state index contributed by atoms with van der Waals surface area (Å²) in [6.45, 7) is 0. The number of hydrogen-bond donors (Lipinski definition) is 3. The summed E-state index contributed by atoms with van der Waals surface area (Å²) in [4.78, 5) is 13.1. The molecular weight excluding hydrogens is 444 g/mol. The zero-order chi connectivity index (χ0) is 23.3. The van der Waals surface area contributed by atoms with Gasteiger partial charge in [-0.1, -0.05) is 30.3 Å². The highest BCUT2D eigenvalue weighted by atomic mass is 32.2. The van der Waals surface area contributed by atoms with Crippen molar-refractivity contribution in [1.82, 2.24) is 4.57 Å². The lowest BCUT2D eigenvalue weighted by molar-refractivity contribution is -0.114. The van der Waals surface area contributed by atoms with Crippen molar-refractivity contribution < 1.29 is 23.4 Å². The molecule has 1 fully saturated rings. The Morgan fingerprint density at radius 3 is 2.52 bits per heavy atom. The molecule has 5 rings (SSSR count). The molecule has 1 aromatic heterocycles. The second kappa shape index (κ2) is 7.84. The van der Waals surface area contributed by atoms with Gasteiger partial charge in [-0.05, 0) is 30.7 Å². The van der Waals surface area contributed by atoms with Crippen molar-refractivity contribution in [3.8, 4) is 0 Å². The molecule has 1 unspecified atom stereocenters. The van der Waals surface area contributed by atoms with E-state index in [2.05, 4.69) is 5.10 Å². The zero-order valence-corrected chi connectivity index (χ0v) is 18.3. The van der Waals surface area contributed by atoms with Gasteiger partial charge in [0.1, 0.15) is 0 Å². The highest BCUT2D eigenvalue weighted by molar-refractivity contribution is 7.91. The summed E-state index contributed by atoms with van der Waals surface area (Å²) in [5, 5.41) is 24.7. The van der Waals surface area contributed by atoms with E-state index in [1.807, 2.05) is 35.0 Å². The Morgan fingerprint density at radius 1 is 1.12 bits per heavy atom. The minimum absolute atomic E-state index is 0.0616. The van der Waals surface area contributed by atoms with Gasteiger partial charge in [-0.2, -0.15) is 5.01 Å². The SMILES string of the molecule is NC1=NN(c2ccc(C(O)O)cc2)C(=O)C1=Cc1cn(C2CCS(=O)(=O)C2)c2ccccc12. The summed E-state index contributed by atoms with van der Waals surface area (Å²) in [5.41, 5.74) is 8.68. The summed E-state index contributed by atoms with van der Waals surface area (Å²) in [6.07, 6.45) is 2.48. The number of rotatable bonds is 4. The molecule has 1 saturated heterocycles. The van der Waals surface area contributed by atoms with Gasteiger partial charge in [0.2, 0.25) is 0 Å². The largest absolute Gasteiger partial charge is 0.382 e. The van der Waals surface area contributed by atoms with Crippen LogP contribution in [0.2, 0.25) is 0 Å². The number of carbonyl (C=O) groups is 1. The standard InChI is InChI=1S/C23H22N4O5S/c24-21-19(22(28)27(25-21)16-7-5-14(6-8-16)23(29)30)11-15-12-26(17-9-10-33(31,32)13-17)20-4-2-1-3-18(15)20/h1-8,11-12,17,23,29-30H,9-10,13H2,(H2,24,25). The predicted molar refractivity (Wildman–Crippen MR) is 125 cm³/mol. The van der Waals surface area contributed by atoms with Crippen molar-refractivity contribution in [2.45, 2.75) is 18.8 Å². The number of amides is 1. The number of para-hydroxylation sites is 1. The first-order valence-corrected chi connectivity index (χ1v) is 12.2. The Morgan fingerprint density at radius 2 is 1.85 bits per heavy atom. The van der Waals surface area contributed by atoms with E-state index in [1.54, 1.807) is 18.2 Å². The van der Waals surface area contributed by atoms with Crippen LogP contribution in [0.25, 0.3) is 17.0 Å². The maximum absolute atomic E-state index is 13.1. The quantitative estimate of drug-likeness (QED) is 0.395. The van der Waals surface area contributed by atoms with Gasteiger partial charge in [-0.3, -0.25) is 4.79 Å². The lowest BCUT2D eigenvalue weighted by Crippen LogP contribution is -2.22. The maximum atomic E-state index is 13.1. The third kappa shape index (κ3) is 3.82. The van der Waals surface area contributed by atoms with Crippen LogP contribution in [0.1, 0.15) is 29.9 Å². The number of hydrogen-bond acceptors (Lipinski definition) is 7. The Balaban J connectivity index is 1.51. The molecule has 0 radical (unpaired) electrons. The van der Waals surface area contributed by atoms with Gasteiger partial charge in [-0.25, -0.2) is 8.42 Å². The molecule has 3 aromatic rings. The second-order valence-corrected chi connectivity index (χ2v) is 10.4. The highest BCUT2D eigenvalue weighted by Gasteiger charge is 2.32. The third-order valence-electron chi connectivity index (χ3n) is 6.02. The van der Waals surface area contributed by atoms with Crippen molar-refractivity contribution >= 4 is 44.2 Å². The number of nitrogens with zero attached hydrogens (tertiary/aromatic N) is 3. The lowest BCUT2D eigenvalue weighted by atomic mass is 10.1. The molecular formula is C23H22N4O5S. The van der Waals surface area contributed by atoms with Gasteiger partial charge in [0.05, 0.1) is 22.8 Å². The molecule has 170 valence electrons. The number of aromatic nitrogens is 1. The molecule has 1 amide bonds. The van der Waals surface area contributed by atoms with E-state index in [9.17, 15) is 23.4 Å². The molecule has 0 spiro atoms. The van der Waals surface area contributed by atoms with Crippen LogP contribution in [-0.2, 0) is 14.6 Å². The van der Waals surface area contributed by atoms with E-state index >= 15 is 0 Å². The van der Waals surface area contributed by atoms with Crippen LogP contribution in [0.4, 0.5) is 5.69 Å². The number of benzene rings is 2. The summed E-state index contributed by atoms with van der Waals surface area (Å²) in [7, 11) is -3.06. The smallest absolute Gasteiger partial charge is 0.282 e. The molecule has 0 saturated carbocycles. The van der Waals surface area contributed by atoms with E-state index in [0.717, 1.165) is 21.5 Å². The van der Waals surface area contributed by atoms with Gasteiger partial charge in [0.15, 0.2) is 22.0 Å². The van der Waals surface area contributed by atoms with Gasteiger partial charge in [0.25, 0.3) is 5.91 Å². The zero-order valence-electron chi connectivity index (χ0n) is 17.5. The van der Waals surface area contributed by atoms with Crippen molar-refractivity contribution in [1.29, 1.82) is 0 Å². The first-order valence-electron chi connectivity index (χ1n) is 10.4. The van der Waals surface area contributed by atoms with Crippen LogP contribution in [0, 0.1) is 0 Å². The molecule has 0 aliphatic carbocycles. The molecule has 2 aliphatic rings. The molecule has 2 aliphatic heterocycles. The van der Waals surface area contributed by atoms with E-state index in [4.69, 9.17) is 5.73 Å². The van der Waals surface area contributed by atoms with Gasteiger partial charge in [0, 0.05) is 34.3 Å². The second-order valence-electron chi connectivity index (χ2n) is 8.19. The van der Waals surface area contributed by atoms with Crippen LogP contribution < -0.4 is 10.7 Å². The molecule has 4 N–H and O–H groups in total. The van der Waals surface area contributed by atoms with Crippen molar-refractivity contribution in [3.05, 3.63) is 71.4 Å². The van der Waals surface area contributed by atoms with Crippen LogP contribution >= 0.6 is 0 Å². The summed E-state index contributed by atoms with van der Waals surface area (Å²) in [5.74, 6) is -0.0902. The summed E-state index contributed by atoms with van der Waals surface area (Å²) < 4.78 is 26.0. The first-order chi connectivity index (χ1) is 15.7. The summed E-state index contributed by atoms with van der Waals surface area (Å²) in [6, 6.07) is 13.6. The molecule has 9 nitrogen and oxygen atoms in total. The van der Waals surface area contributed by atoms with E-state index in [1.165, 1.54) is 12.1 Å². The third-order valence-corrected chi connectivity index (χ3v) is 7.77. The van der Waals surface area contributed by atoms with Crippen LogP contribution in [0.5, 0.6) is 0 Å². The van der Waals surface area contributed by atoms with Crippen LogP contribution in [0.15, 0.2) is 65.4 Å². The molecule has 33 heavy (non-hydrogen) atoms. The van der Waals surface area contributed by atoms with Crippen molar-refractivity contribution in [2.24, 2.45) is 10.8 Å². The highest BCUT2D eigenvalue weighted by Crippen LogP contribution is 2.33. The van der Waals surface area contributed by atoms with Gasteiger partial charge >= 0.3 is 0 Å². The maximum Gasteiger partial charge on any atom is 0.282 e. The molecule has 10 heteroatoms. The number of nitrogens with two attached hydrogens (primary N) is 1. The molecule has 0 bridgehead atoms. The number of sulfone groups is 1. The Bertz CT molecular complexity index is 1420. The van der Waals surface area contributed by atoms with Gasteiger partial charge < -0.3 is 20.5 Å². The van der Waals surface area contributed by atoms with Crippen LogP contribution in [0.3, 0.4) is 0 Å². The average molecular weight is 467 g/mol. The Kier molecular flexibility index (Phi) is 5.08. The number of aliphatic hydroxyl groups is 2. The molecule has 2 aromatic carbocycles. The predicted octanol–water partition coefficient (Wildman–Crippen LogP) is 1.69. The number of fused-ring (bicyclic) bond motifs is 1. The lowest BCUT2D eigenvalue weighted by Gasteiger charge is -2.12. The number of aliphatic hydroxyl groups excluding tert-OH is 1. The monoisotopic (exact) mass is 466 g/mol. The Hall–Kier alpha value is -3.47. The Labute approximate surface area is 190 Å². The number of anilines is 1. The topological polar surface area (TPSA) is 138 Å².